The molecule has 0 radical (unpaired) electrons. The first-order valence-corrected chi connectivity index (χ1v) is 11.5. The molecule has 0 fully saturated rings. The Morgan fingerprint density at radius 1 is 1.06 bits per heavy atom. The topological polar surface area (TPSA) is 150 Å². The van der Waals surface area contributed by atoms with Gasteiger partial charge in [-0.3, -0.25) is 5.32 Å². The van der Waals surface area contributed by atoms with Gasteiger partial charge in [0.2, 0.25) is 10.0 Å². The predicted molar refractivity (Wildman–Crippen MR) is 121 cm³/mol. The Balaban J connectivity index is 1.85. The van der Waals surface area contributed by atoms with Gasteiger partial charge >= 0.3 is 17.7 Å². The van der Waals surface area contributed by atoms with E-state index in [2.05, 4.69) is 10.0 Å². The molecule has 0 aliphatic carbocycles. The number of ether oxygens (including phenoxy) is 3. The summed E-state index contributed by atoms with van der Waals surface area (Å²) in [5.41, 5.74) is 0.166. The molecule has 0 saturated carbocycles. The summed E-state index contributed by atoms with van der Waals surface area (Å²) in [5, 5.41) is 2.99. The number of carbonyl (C=O) groups is 2. The Labute approximate surface area is 194 Å². The number of rotatable bonds is 8. The van der Waals surface area contributed by atoms with Gasteiger partial charge in [-0.2, -0.15) is 0 Å². The summed E-state index contributed by atoms with van der Waals surface area (Å²) < 4.78 is 47.0. The second-order valence-electron chi connectivity index (χ2n) is 6.80. The molecule has 1 heterocycles. The molecule has 12 heteroatoms. The van der Waals surface area contributed by atoms with E-state index in [9.17, 15) is 22.8 Å². The van der Waals surface area contributed by atoms with Crippen LogP contribution in [-0.4, -0.2) is 41.2 Å². The Hall–Kier alpha value is -3.90. The largest absolute Gasteiger partial charge is 0.495 e. The van der Waals surface area contributed by atoms with Crippen LogP contribution in [0.5, 0.6) is 5.75 Å². The number of fused-ring (bicyclic) bond motifs is 1. The average Bonchev–Trinajstić information content (AvgIpc) is 2.81. The monoisotopic (exact) mass is 490 g/mol. The van der Waals surface area contributed by atoms with E-state index in [4.69, 9.17) is 18.6 Å². The number of methoxy groups -OCH3 is 1. The van der Waals surface area contributed by atoms with Crippen LogP contribution in [0.2, 0.25) is 0 Å². The normalized spacial score (nSPS) is 11.1. The highest BCUT2D eigenvalue weighted by molar-refractivity contribution is 7.89. The van der Waals surface area contributed by atoms with Gasteiger partial charge in [0, 0.05) is 28.8 Å². The molecule has 0 bridgehead atoms. The van der Waals surface area contributed by atoms with Gasteiger partial charge in [-0.05, 0) is 44.3 Å². The Morgan fingerprint density at radius 3 is 2.50 bits per heavy atom. The van der Waals surface area contributed by atoms with Crippen LogP contribution in [-0.2, 0) is 26.1 Å². The number of hydrogen-bond donors (Lipinski definition) is 2. The maximum Gasteiger partial charge on any atom is 0.411 e. The Morgan fingerprint density at radius 2 is 1.82 bits per heavy atom. The summed E-state index contributed by atoms with van der Waals surface area (Å²) in [5.74, 6) is -0.748. The van der Waals surface area contributed by atoms with Crippen molar-refractivity contribution in [2.24, 2.45) is 0 Å². The van der Waals surface area contributed by atoms with Crippen LogP contribution in [0, 0.1) is 0 Å². The summed E-state index contributed by atoms with van der Waals surface area (Å²) in [6.45, 7) is 1.57. The van der Waals surface area contributed by atoms with Crippen LogP contribution in [0.3, 0.4) is 0 Å². The molecular weight excluding hydrogens is 468 g/mol. The van der Waals surface area contributed by atoms with Crippen molar-refractivity contribution >= 4 is 38.7 Å². The molecule has 180 valence electrons. The molecule has 1 aromatic heterocycles. The van der Waals surface area contributed by atoms with Crippen LogP contribution >= 0.6 is 0 Å². The summed E-state index contributed by atoms with van der Waals surface area (Å²) in [7, 11) is -1.35. The van der Waals surface area contributed by atoms with Crippen LogP contribution in [0.15, 0.2) is 56.6 Å². The molecule has 1 amide bonds. The zero-order valence-electron chi connectivity index (χ0n) is 18.5. The molecule has 0 saturated heterocycles. The number of anilines is 1. The first-order valence-electron chi connectivity index (χ1n) is 9.97. The fourth-order valence-corrected chi connectivity index (χ4v) is 3.98. The van der Waals surface area contributed by atoms with E-state index in [1.165, 1.54) is 38.4 Å². The highest BCUT2D eigenvalue weighted by atomic mass is 32.2. The molecule has 0 aliphatic heterocycles. The van der Waals surface area contributed by atoms with Crippen molar-refractivity contribution in [2.45, 2.75) is 18.4 Å². The number of carbonyl (C=O) groups excluding carboxylic acids is 2. The minimum absolute atomic E-state index is 0.0252. The molecule has 3 rings (SSSR count). The maximum atomic E-state index is 12.6. The lowest BCUT2D eigenvalue weighted by Crippen LogP contribution is -2.20. The van der Waals surface area contributed by atoms with Crippen molar-refractivity contribution in [2.75, 3.05) is 26.1 Å². The van der Waals surface area contributed by atoms with Crippen LogP contribution in [0.25, 0.3) is 11.0 Å². The van der Waals surface area contributed by atoms with Crippen LogP contribution in [0.1, 0.15) is 22.8 Å². The van der Waals surface area contributed by atoms with Gasteiger partial charge in [0.15, 0.2) is 0 Å². The highest BCUT2D eigenvalue weighted by Gasteiger charge is 2.21. The zero-order valence-corrected chi connectivity index (χ0v) is 19.4. The van der Waals surface area contributed by atoms with Gasteiger partial charge in [0.25, 0.3) is 0 Å². The van der Waals surface area contributed by atoms with Crippen molar-refractivity contribution in [1.29, 1.82) is 0 Å². The van der Waals surface area contributed by atoms with E-state index in [0.717, 1.165) is 6.07 Å². The lowest BCUT2D eigenvalue weighted by molar-refractivity contribution is 0.0473. The molecule has 2 aromatic carbocycles. The van der Waals surface area contributed by atoms with Crippen molar-refractivity contribution in [3.8, 4) is 5.75 Å². The third-order valence-corrected chi connectivity index (χ3v) is 6.10. The van der Waals surface area contributed by atoms with Gasteiger partial charge < -0.3 is 18.6 Å². The van der Waals surface area contributed by atoms with E-state index in [1.807, 2.05) is 0 Å². The molecule has 2 N–H and O–H groups in total. The number of benzene rings is 2. The fraction of sp³-hybridized carbons (Fsp3) is 0.227. The lowest BCUT2D eigenvalue weighted by Gasteiger charge is -2.11. The molecule has 0 unspecified atom stereocenters. The zero-order chi connectivity index (χ0) is 24.9. The van der Waals surface area contributed by atoms with Crippen LogP contribution < -0.4 is 20.4 Å². The van der Waals surface area contributed by atoms with E-state index in [1.54, 1.807) is 19.1 Å². The second kappa shape index (κ2) is 10.4. The van der Waals surface area contributed by atoms with Crippen LogP contribution in [0.4, 0.5) is 10.5 Å². The van der Waals surface area contributed by atoms with E-state index >= 15 is 0 Å². The maximum absolute atomic E-state index is 12.6. The number of esters is 1. The predicted octanol–water partition coefficient (Wildman–Crippen LogP) is 2.64. The number of sulfonamides is 1. The van der Waals surface area contributed by atoms with E-state index < -0.39 is 27.7 Å². The number of amides is 1. The third-order valence-electron chi connectivity index (χ3n) is 4.67. The third kappa shape index (κ3) is 5.53. The Bertz CT molecular complexity index is 1400. The van der Waals surface area contributed by atoms with Crippen molar-refractivity contribution in [3.05, 3.63) is 64.0 Å². The summed E-state index contributed by atoms with van der Waals surface area (Å²) in [6, 6.07) is 9.62. The van der Waals surface area contributed by atoms with Gasteiger partial charge in [0.1, 0.15) is 22.8 Å². The molecule has 11 nitrogen and oxygen atoms in total. The van der Waals surface area contributed by atoms with E-state index in [0.29, 0.717) is 16.6 Å². The Kier molecular flexibility index (Phi) is 7.54. The molecular formula is C22H22N2O9S. The quantitative estimate of drug-likeness (QED) is 0.359. The highest BCUT2D eigenvalue weighted by Crippen LogP contribution is 2.26. The summed E-state index contributed by atoms with van der Waals surface area (Å²) in [6.07, 6.45) is -0.659. The smallest absolute Gasteiger partial charge is 0.411 e. The standard InChI is InChI=1S/C22H22N2O9S/c1-4-31-22(27)24-15-6-7-16-14(10-20(25)33-18(16)11-15)12-32-21(26)13-5-8-17(30-3)19(9-13)34(28,29)23-2/h5-11,23H,4,12H2,1-3H3,(H,24,27). The first-order chi connectivity index (χ1) is 16.2. The molecule has 0 aliphatic rings. The van der Waals surface area contributed by atoms with Gasteiger partial charge in [-0.25, -0.2) is 27.5 Å². The van der Waals surface area contributed by atoms with Gasteiger partial charge in [-0.1, -0.05) is 0 Å². The first kappa shape index (κ1) is 24.7. The van der Waals surface area contributed by atoms with Crippen molar-refractivity contribution < 1.29 is 36.6 Å². The minimum atomic E-state index is -3.89. The lowest BCUT2D eigenvalue weighted by atomic mass is 10.1. The summed E-state index contributed by atoms with van der Waals surface area (Å²) >= 11 is 0. The SMILES string of the molecule is CCOC(=O)Nc1ccc2c(COC(=O)c3ccc(OC)c(S(=O)(=O)NC)c3)cc(=O)oc2c1. The van der Waals surface area contributed by atoms with Crippen molar-refractivity contribution in [1.82, 2.24) is 4.72 Å². The van der Waals surface area contributed by atoms with Gasteiger partial charge in [-0.15, -0.1) is 0 Å². The number of hydrogen-bond acceptors (Lipinski definition) is 9. The molecule has 0 spiro atoms. The average molecular weight is 490 g/mol. The number of nitrogens with one attached hydrogen (secondary N) is 2. The summed E-state index contributed by atoms with van der Waals surface area (Å²) in [4.78, 5) is 36.0. The minimum Gasteiger partial charge on any atom is -0.495 e. The fourth-order valence-electron chi connectivity index (χ4n) is 3.06. The molecule has 3 aromatic rings. The van der Waals surface area contributed by atoms with E-state index in [-0.39, 0.29) is 35.0 Å². The molecule has 0 atom stereocenters. The second-order valence-corrected chi connectivity index (χ2v) is 8.65. The van der Waals surface area contributed by atoms with Crippen molar-refractivity contribution in [3.63, 3.8) is 0 Å². The molecule has 34 heavy (non-hydrogen) atoms. The van der Waals surface area contributed by atoms with Gasteiger partial charge in [0.05, 0.1) is 19.3 Å².